The summed E-state index contributed by atoms with van der Waals surface area (Å²) in [5.41, 5.74) is -0.0228. The molecule has 1 aliphatic carbocycles. The molecule has 0 bridgehead atoms. The van der Waals surface area contributed by atoms with Gasteiger partial charge in [-0.05, 0) is 42.1 Å². The second-order valence-electron chi connectivity index (χ2n) is 10.8. The maximum atomic E-state index is 13.4. The molecule has 3 N–H and O–H groups in total. The van der Waals surface area contributed by atoms with Crippen molar-refractivity contribution in [3.05, 3.63) is 46.3 Å². The van der Waals surface area contributed by atoms with Gasteiger partial charge in [-0.15, -0.1) is 0 Å². The van der Waals surface area contributed by atoms with Crippen LogP contribution >= 0.6 is 30.8 Å². The Morgan fingerprint density at radius 1 is 1.12 bits per heavy atom. The van der Waals surface area contributed by atoms with Crippen LogP contribution in [0.15, 0.2) is 30.5 Å². The number of aliphatic hydroxyl groups excluding tert-OH is 2. The number of rotatable bonds is 8. The quantitative estimate of drug-likeness (QED) is 0.235. The van der Waals surface area contributed by atoms with Crippen LogP contribution in [0.5, 0.6) is 0 Å². The predicted molar refractivity (Wildman–Crippen MR) is 154 cm³/mol. The number of hydrogen-bond donors (Lipinski definition) is 3. The zero-order valence-electron chi connectivity index (χ0n) is 22.3. The van der Waals surface area contributed by atoms with E-state index in [0.717, 1.165) is 25.7 Å². The van der Waals surface area contributed by atoms with Crippen molar-refractivity contribution < 1.29 is 37.0 Å². The minimum absolute atomic E-state index is 0.0295. The number of aliphatic hydroxyl groups is 2. The van der Waals surface area contributed by atoms with Gasteiger partial charge in [-0.25, -0.2) is 13.1 Å². The molecule has 228 valence electrons. The summed E-state index contributed by atoms with van der Waals surface area (Å²) in [6, 6.07) is 7.04. The van der Waals surface area contributed by atoms with E-state index in [4.69, 9.17) is 37.0 Å². The first kappa shape index (κ1) is 30.2. The van der Waals surface area contributed by atoms with E-state index < -0.39 is 59.3 Å². The van der Waals surface area contributed by atoms with E-state index >= 15 is 0 Å². The highest BCUT2D eigenvalue weighted by Crippen LogP contribution is 2.57. The molecule has 1 saturated carbocycles. The monoisotopic (exact) mass is 661 g/mol. The van der Waals surface area contributed by atoms with Gasteiger partial charge in [0.05, 0.1) is 30.0 Å². The van der Waals surface area contributed by atoms with E-state index in [1.165, 1.54) is 10.9 Å². The van der Waals surface area contributed by atoms with Crippen LogP contribution in [0.4, 0.5) is 5.82 Å². The standard InChI is InChI=1S/C25H30Cl2N5O8PS/c26-15-5-3-4-14(10-15)18-8-9-38-41(35,40-18)13-42(36,37)12-19-20(33)21(34)24(39-19)32-23-17(11-28-32)22(30-25(27)31-23)29-16-6-1-2-7-16/h3-5,10-11,16,18-21,24,33-34H,1-2,6-9,12-13H2,(H,29,30,31)/t18-,19+,20+,21+,24+,41?/m0/s1. The number of nitrogens with zero attached hydrogens (tertiary/aromatic N) is 4. The molecule has 42 heavy (non-hydrogen) atoms. The van der Waals surface area contributed by atoms with Crippen molar-refractivity contribution in [3.63, 3.8) is 0 Å². The summed E-state index contributed by atoms with van der Waals surface area (Å²) in [6.07, 6.45) is -0.351. The second kappa shape index (κ2) is 11.9. The van der Waals surface area contributed by atoms with E-state index in [9.17, 15) is 23.2 Å². The normalized spacial score (nSPS) is 30.7. The molecule has 2 aromatic heterocycles. The molecule has 17 heteroatoms. The van der Waals surface area contributed by atoms with Crippen molar-refractivity contribution in [3.8, 4) is 0 Å². The van der Waals surface area contributed by atoms with Crippen molar-refractivity contribution in [2.24, 2.45) is 0 Å². The molecule has 3 fully saturated rings. The zero-order chi connectivity index (χ0) is 29.6. The van der Waals surface area contributed by atoms with Gasteiger partial charge in [-0.1, -0.05) is 36.6 Å². The van der Waals surface area contributed by atoms with Gasteiger partial charge >= 0.3 is 7.60 Å². The maximum absolute atomic E-state index is 13.4. The molecule has 1 unspecified atom stereocenters. The summed E-state index contributed by atoms with van der Waals surface area (Å²) in [6.45, 7) is 0.0295. The molecule has 0 amide bonds. The van der Waals surface area contributed by atoms with E-state index in [-0.39, 0.29) is 23.6 Å². The van der Waals surface area contributed by atoms with Crippen LogP contribution < -0.4 is 5.32 Å². The highest BCUT2D eigenvalue weighted by molar-refractivity contribution is 7.97. The third-order valence-electron chi connectivity index (χ3n) is 7.65. The Morgan fingerprint density at radius 2 is 1.90 bits per heavy atom. The number of ether oxygens (including phenoxy) is 1. The predicted octanol–water partition coefficient (Wildman–Crippen LogP) is 3.85. The Morgan fingerprint density at radius 3 is 2.67 bits per heavy atom. The molecular formula is C25H30Cl2N5O8PS. The van der Waals surface area contributed by atoms with Crippen LogP contribution in [0, 0.1) is 0 Å². The fraction of sp³-hybridized carbons (Fsp3) is 0.560. The topological polar surface area (TPSA) is 175 Å². The van der Waals surface area contributed by atoms with Gasteiger partial charge in [0.2, 0.25) is 5.28 Å². The molecule has 2 saturated heterocycles. The van der Waals surface area contributed by atoms with Crippen molar-refractivity contribution in [2.45, 2.75) is 68.8 Å². The number of sulfone groups is 1. The maximum Gasteiger partial charge on any atom is 0.346 e. The summed E-state index contributed by atoms with van der Waals surface area (Å²) in [5.74, 6) is -0.257. The van der Waals surface area contributed by atoms with E-state index in [0.29, 0.717) is 28.2 Å². The van der Waals surface area contributed by atoms with Crippen molar-refractivity contribution >= 4 is 57.5 Å². The number of fused-ring (bicyclic) bond motifs is 1. The number of benzene rings is 1. The highest BCUT2D eigenvalue weighted by Gasteiger charge is 2.48. The Kier molecular flexibility index (Phi) is 8.55. The van der Waals surface area contributed by atoms with Gasteiger partial charge in [-0.3, -0.25) is 9.09 Å². The molecule has 3 aliphatic rings. The molecule has 6 atom stereocenters. The number of hydrogen-bond acceptors (Lipinski definition) is 12. The molecule has 13 nitrogen and oxygen atoms in total. The largest absolute Gasteiger partial charge is 0.387 e. The van der Waals surface area contributed by atoms with Gasteiger partial charge in [0.25, 0.3) is 0 Å². The third kappa shape index (κ3) is 6.33. The summed E-state index contributed by atoms with van der Waals surface area (Å²) in [5, 5.41) is 30.2. The Labute approximate surface area is 251 Å². The fourth-order valence-electron chi connectivity index (χ4n) is 5.65. The smallest absolute Gasteiger partial charge is 0.346 e. The first-order chi connectivity index (χ1) is 20.0. The lowest BCUT2D eigenvalue weighted by Crippen LogP contribution is -2.36. The Hall–Kier alpha value is -1.87. The van der Waals surface area contributed by atoms with E-state index in [1.54, 1.807) is 24.3 Å². The zero-order valence-corrected chi connectivity index (χ0v) is 25.5. The summed E-state index contributed by atoms with van der Waals surface area (Å²) >= 11 is 12.3. The van der Waals surface area contributed by atoms with Gasteiger partial charge in [0.1, 0.15) is 24.1 Å². The van der Waals surface area contributed by atoms with Crippen molar-refractivity contribution in [2.75, 3.05) is 23.2 Å². The van der Waals surface area contributed by atoms with Crippen molar-refractivity contribution in [1.82, 2.24) is 19.7 Å². The minimum atomic E-state index is -4.18. The summed E-state index contributed by atoms with van der Waals surface area (Å²) in [7, 11) is -8.25. The molecule has 2 aliphatic heterocycles. The molecule has 3 aromatic rings. The molecule has 6 rings (SSSR count). The van der Waals surface area contributed by atoms with E-state index in [1.807, 2.05) is 0 Å². The van der Waals surface area contributed by atoms with Gasteiger partial charge in [-0.2, -0.15) is 15.1 Å². The van der Waals surface area contributed by atoms with Crippen molar-refractivity contribution in [1.29, 1.82) is 0 Å². The average molecular weight is 662 g/mol. The Balaban J connectivity index is 1.17. The number of halogens is 2. The van der Waals surface area contributed by atoms with Crippen LogP contribution in [0.25, 0.3) is 11.0 Å². The number of nitrogens with one attached hydrogen (secondary N) is 1. The van der Waals surface area contributed by atoms with Gasteiger partial charge < -0.3 is 24.8 Å². The lowest BCUT2D eigenvalue weighted by atomic mass is 10.1. The lowest BCUT2D eigenvalue weighted by molar-refractivity contribution is -0.0364. The Bertz CT molecular complexity index is 1620. The molecule has 0 spiro atoms. The molecular weight excluding hydrogens is 632 g/mol. The van der Waals surface area contributed by atoms with Crippen LogP contribution in [-0.4, -0.2) is 80.6 Å². The van der Waals surface area contributed by atoms with Crippen LogP contribution in [0.2, 0.25) is 10.3 Å². The molecule has 0 radical (unpaired) electrons. The average Bonchev–Trinajstić information content (AvgIpc) is 3.65. The second-order valence-corrected chi connectivity index (χ2v) is 16.1. The van der Waals surface area contributed by atoms with E-state index in [2.05, 4.69) is 20.4 Å². The third-order valence-corrected chi connectivity index (χ3v) is 12.9. The van der Waals surface area contributed by atoms with Gasteiger partial charge in [0.15, 0.2) is 27.2 Å². The summed E-state index contributed by atoms with van der Waals surface area (Å²) < 4.78 is 57.8. The first-order valence-electron chi connectivity index (χ1n) is 13.6. The summed E-state index contributed by atoms with van der Waals surface area (Å²) in [4.78, 5) is 8.54. The van der Waals surface area contributed by atoms with Gasteiger partial charge in [0, 0.05) is 17.5 Å². The van der Waals surface area contributed by atoms with Crippen LogP contribution in [0.1, 0.15) is 50.0 Å². The first-order valence-corrected chi connectivity index (χ1v) is 17.9. The lowest BCUT2D eigenvalue weighted by Gasteiger charge is -2.30. The minimum Gasteiger partial charge on any atom is -0.387 e. The molecule has 1 aromatic carbocycles. The molecule has 4 heterocycles. The van der Waals surface area contributed by atoms with Crippen LogP contribution in [0.3, 0.4) is 0 Å². The van der Waals surface area contributed by atoms with Crippen LogP contribution in [-0.2, 0) is 28.2 Å². The highest BCUT2D eigenvalue weighted by atomic mass is 35.5. The fourth-order valence-corrected chi connectivity index (χ4v) is 10.7. The number of aromatic nitrogens is 4. The number of anilines is 1. The SMILES string of the molecule is O=P1(CS(=O)(=O)C[C@H]2O[C@@H](n3ncc4c(NC5CCCC5)nc(Cl)nc43)[C@H](O)[C@@H]2O)OCC[C@@H](c2cccc(Cl)c2)O1.